The third-order valence-electron chi connectivity index (χ3n) is 5.62. The predicted molar refractivity (Wildman–Crippen MR) is 113 cm³/mol. The molecule has 1 aromatic rings. The van der Waals surface area contributed by atoms with Crippen molar-refractivity contribution in [3.05, 3.63) is 23.8 Å². The number of methoxy groups -OCH3 is 1. The zero-order chi connectivity index (χ0) is 23.5. The first-order valence-corrected chi connectivity index (χ1v) is 10.6. The van der Waals surface area contributed by atoms with E-state index < -0.39 is 36.0 Å². The Balaban J connectivity index is 1.56. The van der Waals surface area contributed by atoms with Gasteiger partial charge in [-0.2, -0.15) is 5.01 Å². The molecule has 4 amide bonds. The van der Waals surface area contributed by atoms with Gasteiger partial charge in [0.15, 0.2) is 18.1 Å². The highest BCUT2D eigenvalue weighted by atomic mass is 16.5. The topological polar surface area (TPSA) is 123 Å². The van der Waals surface area contributed by atoms with Gasteiger partial charge >= 0.3 is 12.0 Å². The van der Waals surface area contributed by atoms with Crippen molar-refractivity contribution in [2.45, 2.75) is 58.1 Å². The Morgan fingerprint density at radius 3 is 2.53 bits per heavy atom. The fourth-order valence-corrected chi connectivity index (χ4v) is 3.83. The van der Waals surface area contributed by atoms with Crippen LogP contribution in [0, 0.1) is 5.92 Å². The Morgan fingerprint density at radius 1 is 1.22 bits per heavy atom. The number of urea groups is 1. The number of ether oxygens (including phenoxy) is 3. The van der Waals surface area contributed by atoms with E-state index in [1.54, 1.807) is 6.07 Å². The first kappa shape index (κ1) is 23.4. The van der Waals surface area contributed by atoms with Crippen molar-refractivity contribution in [1.29, 1.82) is 0 Å². The van der Waals surface area contributed by atoms with Crippen molar-refractivity contribution in [2.75, 3.05) is 13.7 Å². The summed E-state index contributed by atoms with van der Waals surface area (Å²) in [5, 5.41) is 3.38. The lowest BCUT2D eigenvalue weighted by Gasteiger charge is -2.33. The molecule has 1 aromatic carbocycles. The molecular formula is C22H29N3O7. The van der Waals surface area contributed by atoms with Crippen LogP contribution in [0.25, 0.3) is 0 Å². The van der Waals surface area contributed by atoms with E-state index in [1.165, 1.54) is 19.2 Å². The minimum Gasteiger partial charge on any atom is -0.493 e. The van der Waals surface area contributed by atoms with Crippen molar-refractivity contribution < 1.29 is 33.4 Å². The summed E-state index contributed by atoms with van der Waals surface area (Å²) in [6, 6.07) is 3.83. The second kappa shape index (κ2) is 9.46. The van der Waals surface area contributed by atoms with Gasteiger partial charge in [-0.15, -0.1) is 0 Å². The molecule has 174 valence electrons. The lowest BCUT2D eigenvalue weighted by atomic mass is 9.77. The Kier molecular flexibility index (Phi) is 6.90. The molecule has 0 bridgehead atoms. The van der Waals surface area contributed by atoms with Crippen LogP contribution < -0.4 is 20.2 Å². The van der Waals surface area contributed by atoms with Crippen LogP contribution in [0.5, 0.6) is 11.5 Å². The summed E-state index contributed by atoms with van der Waals surface area (Å²) in [6.07, 6.45) is 2.61. The van der Waals surface area contributed by atoms with Crippen LogP contribution in [0.3, 0.4) is 0 Å². The van der Waals surface area contributed by atoms with Gasteiger partial charge in [0.2, 0.25) is 0 Å². The van der Waals surface area contributed by atoms with E-state index in [0.29, 0.717) is 35.3 Å². The SMILES string of the molecule is COc1cc(C(=O)OCC(=O)NN2C(=O)NC3(CCC(C)CC3)C2=O)ccc1OC(C)C. The number of benzene rings is 1. The smallest absolute Gasteiger partial charge is 0.344 e. The maximum Gasteiger partial charge on any atom is 0.344 e. The molecule has 0 unspecified atom stereocenters. The molecule has 0 atom stereocenters. The summed E-state index contributed by atoms with van der Waals surface area (Å²) in [5.74, 6) is -0.734. The minimum absolute atomic E-state index is 0.0768. The van der Waals surface area contributed by atoms with Gasteiger partial charge in [-0.25, -0.2) is 9.59 Å². The molecule has 10 nitrogen and oxygen atoms in total. The van der Waals surface area contributed by atoms with Gasteiger partial charge in [-0.3, -0.25) is 15.0 Å². The number of amides is 4. The molecule has 1 spiro atoms. The molecule has 0 radical (unpaired) electrons. The summed E-state index contributed by atoms with van der Waals surface area (Å²) in [4.78, 5) is 49.6. The molecule has 0 aromatic heterocycles. The van der Waals surface area contributed by atoms with Crippen LogP contribution in [-0.4, -0.2) is 54.2 Å². The van der Waals surface area contributed by atoms with Gasteiger partial charge in [-0.05, 0) is 63.6 Å². The number of hydrogen-bond acceptors (Lipinski definition) is 7. The van der Waals surface area contributed by atoms with Gasteiger partial charge in [0.05, 0.1) is 18.8 Å². The Hall–Kier alpha value is -3.30. The highest BCUT2D eigenvalue weighted by Gasteiger charge is 2.52. The lowest BCUT2D eigenvalue weighted by molar-refractivity contribution is -0.141. The van der Waals surface area contributed by atoms with E-state index in [1.807, 2.05) is 13.8 Å². The van der Waals surface area contributed by atoms with Gasteiger partial charge in [0.25, 0.3) is 11.8 Å². The zero-order valence-corrected chi connectivity index (χ0v) is 18.7. The average Bonchev–Trinajstić information content (AvgIpc) is 2.98. The summed E-state index contributed by atoms with van der Waals surface area (Å²) in [7, 11) is 1.45. The average molecular weight is 447 g/mol. The molecule has 2 aliphatic rings. The second-order valence-electron chi connectivity index (χ2n) is 8.48. The van der Waals surface area contributed by atoms with Gasteiger partial charge in [0, 0.05) is 0 Å². The largest absolute Gasteiger partial charge is 0.493 e. The molecule has 3 rings (SSSR count). The molecule has 1 saturated carbocycles. The Morgan fingerprint density at radius 2 is 1.91 bits per heavy atom. The molecule has 2 N–H and O–H groups in total. The number of nitrogens with one attached hydrogen (secondary N) is 2. The van der Waals surface area contributed by atoms with Crippen LogP contribution in [0.4, 0.5) is 4.79 Å². The van der Waals surface area contributed by atoms with Gasteiger partial charge in [-0.1, -0.05) is 6.92 Å². The van der Waals surface area contributed by atoms with Crippen molar-refractivity contribution in [1.82, 2.24) is 15.8 Å². The lowest BCUT2D eigenvalue weighted by Crippen LogP contribution is -2.52. The van der Waals surface area contributed by atoms with E-state index in [-0.39, 0.29) is 11.7 Å². The van der Waals surface area contributed by atoms with Crippen LogP contribution in [-0.2, 0) is 14.3 Å². The highest BCUT2D eigenvalue weighted by Crippen LogP contribution is 2.35. The quantitative estimate of drug-likeness (QED) is 0.485. The number of rotatable bonds is 7. The van der Waals surface area contributed by atoms with Gasteiger partial charge in [0.1, 0.15) is 5.54 Å². The molecule has 1 saturated heterocycles. The van der Waals surface area contributed by atoms with Crippen LogP contribution in [0.1, 0.15) is 56.8 Å². The summed E-state index contributed by atoms with van der Waals surface area (Å²) in [5.41, 5.74) is 1.43. The first-order chi connectivity index (χ1) is 15.1. The van der Waals surface area contributed by atoms with E-state index in [2.05, 4.69) is 17.7 Å². The maximum absolute atomic E-state index is 12.8. The van der Waals surface area contributed by atoms with E-state index in [9.17, 15) is 19.2 Å². The fraction of sp³-hybridized carbons (Fsp3) is 0.545. The Bertz CT molecular complexity index is 907. The summed E-state index contributed by atoms with van der Waals surface area (Å²) in [6.45, 7) is 5.17. The third kappa shape index (κ3) is 4.95. The number of carbonyl (C=O) groups excluding carboxylic acids is 4. The van der Waals surface area contributed by atoms with Crippen molar-refractivity contribution >= 4 is 23.8 Å². The number of hydrogen-bond donors (Lipinski definition) is 2. The first-order valence-electron chi connectivity index (χ1n) is 10.6. The van der Waals surface area contributed by atoms with E-state index in [0.717, 1.165) is 12.8 Å². The number of esters is 1. The van der Waals surface area contributed by atoms with Gasteiger partial charge < -0.3 is 19.5 Å². The molecule has 32 heavy (non-hydrogen) atoms. The van der Waals surface area contributed by atoms with Crippen molar-refractivity contribution in [2.24, 2.45) is 5.92 Å². The number of imide groups is 1. The van der Waals surface area contributed by atoms with Crippen LogP contribution in [0.15, 0.2) is 18.2 Å². The zero-order valence-electron chi connectivity index (χ0n) is 18.7. The standard InChI is InChI=1S/C22H29N3O7/c1-13(2)32-16-6-5-15(11-17(16)30-4)19(27)31-12-18(26)24-25-20(28)22(23-21(25)29)9-7-14(3)8-10-22/h5-6,11,13-14H,7-10,12H2,1-4H3,(H,23,29)(H,24,26). The monoisotopic (exact) mass is 447 g/mol. The molecule has 2 fully saturated rings. The minimum atomic E-state index is -0.968. The predicted octanol–water partition coefficient (Wildman–Crippen LogP) is 2.17. The number of carbonyl (C=O) groups is 4. The van der Waals surface area contributed by atoms with Crippen molar-refractivity contribution in [3.8, 4) is 11.5 Å². The van der Waals surface area contributed by atoms with E-state index in [4.69, 9.17) is 14.2 Å². The number of nitrogens with zero attached hydrogens (tertiary/aromatic N) is 1. The maximum atomic E-state index is 12.8. The van der Waals surface area contributed by atoms with Crippen LogP contribution >= 0.6 is 0 Å². The van der Waals surface area contributed by atoms with Crippen molar-refractivity contribution in [3.63, 3.8) is 0 Å². The fourth-order valence-electron chi connectivity index (χ4n) is 3.83. The molecule has 10 heteroatoms. The highest BCUT2D eigenvalue weighted by molar-refractivity contribution is 6.08. The van der Waals surface area contributed by atoms with E-state index >= 15 is 0 Å². The molecule has 1 aliphatic heterocycles. The third-order valence-corrected chi connectivity index (χ3v) is 5.62. The summed E-state index contributed by atoms with van der Waals surface area (Å²) < 4.78 is 15.9. The molecule has 1 aliphatic carbocycles. The normalized spacial score (nSPS) is 22.7. The molecule has 1 heterocycles. The molecular weight excluding hydrogens is 418 g/mol. The van der Waals surface area contributed by atoms with Crippen LogP contribution in [0.2, 0.25) is 0 Å². The Labute approximate surface area is 186 Å². The second-order valence-corrected chi connectivity index (χ2v) is 8.48. The number of hydrazine groups is 1. The summed E-state index contributed by atoms with van der Waals surface area (Å²) >= 11 is 0.